The van der Waals surface area contributed by atoms with E-state index in [1.165, 1.54) is 6.07 Å². The number of nitrogen functional groups attached to an aromatic ring is 1. The standard InChI is InChI=1S/C16H23FN2O2/c1-10(2)9-19(11-5-3-4-6-11)15-7-12(16(20)21)14(18)8-13(15)17/h7-8,10-11H,3-6,9,18H2,1-2H3,(H,20,21). The summed E-state index contributed by atoms with van der Waals surface area (Å²) in [7, 11) is 0. The second kappa shape index (κ2) is 6.33. The number of benzene rings is 1. The molecule has 1 aromatic carbocycles. The van der Waals surface area contributed by atoms with Gasteiger partial charge in [-0.15, -0.1) is 0 Å². The summed E-state index contributed by atoms with van der Waals surface area (Å²) in [6.07, 6.45) is 4.33. The third-order valence-electron chi connectivity index (χ3n) is 3.99. The Balaban J connectivity index is 2.42. The van der Waals surface area contributed by atoms with Crippen LogP contribution < -0.4 is 10.6 Å². The molecule has 0 aromatic heterocycles. The van der Waals surface area contributed by atoms with Crippen molar-refractivity contribution in [2.45, 2.75) is 45.6 Å². The van der Waals surface area contributed by atoms with Gasteiger partial charge in [-0.3, -0.25) is 0 Å². The van der Waals surface area contributed by atoms with Gasteiger partial charge in [0.15, 0.2) is 0 Å². The molecule has 0 saturated heterocycles. The van der Waals surface area contributed by atoms with Crippen LogP contribution in [0.15, 0.2) is 12.1 Å². The van der Waals surface area contributed by atoms with Gasteiger partial charge in [-0.2, -0.15) is 0 Å². The molecule has 3 N–H and O–H groups in total. The van der Waals surface area contributed by atoms with E-state index in [4.69, 9.17) is 5.73 Å². The van der Waals surface area contributed by atoms with Gasteiger partial charge in [0.2, 0.25) is 0 Å². The molecule has 1 aliphatic carbocycles. The van der Waals surface area contributed by atoms with E-state index in [1.54, 1.807) is 0 Å². The molecule has 0 atom stereocenters. The molecule has 0 amide bonds. The molecule has 1 fully saturated rings. The highest BCUT2D eigenvalue weighted by atomic mass is 19.1. The quantitative estimate of drug-likeness (QED) is 0.816. The summed E-state index contributed by atoms with van der Waals surface area (Å²) in [5.41, 5.74) is 5.91. The maximum Gasteiger partial charge on any atom is 0.337 e. The van der Waals surface area contributed by atoms with Crippen molar-refractivity contribution in [1.82, 2.24) is 0 Å². The number of aromatic carboxylic acids is 1. The van der Waals surface area contributed by atoms with Gasteiger partial charge >= 0.3 is 5.97 Å². The molecule has 0 aliphatic heterocycles. The first-order chi connectivity index (χ1) is 9.90. The van der Waals surface area contributed by atoms with Gasteiger partial charge < -0.3 is 15.7 Å². The molecular weight excluding hydrogens is 271 g/mol. The average molecular weight is 294 g/mol. The van der Waals surface area contributed by atoms with Crippen molar-refractivity contribution in [3.05, 3.63) is 23.5 Å². The lowest BCUT2D eigenvalue weighted by Crippen LogP contribution is -2.37. The first-order valence-corrected chi connectivity index (χ1v) is 7.49. The number of rotatable bonds is 5. The number of carboxylic acids is 1. The van der Waals surface area contributed by atoms with E-state index < -0.39 is 11.8 Å². The zero-order valence-corrected chi connectivity index (χ0v) is 12.6. The van der Waals surface area contributed by atoms with Gasteiger partial charge in [0, 0.05) is 18.3 Å². The average Bonchev–Trinajstić information content (AvgIpc) is 2.89. The number of hydrogen-bond donors (Lipinski definition) is 2. The molecule has 0 unspecified atom stereocenters. The molecule has 21 heavy (non-hydrogen) atoms. The summed E-state index contributed by atoms with van der Waals surface area (Å²) < 4.78 is 14.3. The van der Waals surface area contributed by atoms with Crippen LogP contribution in [0.5, 0.6) is 0 Å². The van der Waals surface area contributed by atoms with Crippen LogP contribution in [-0.4, -0.2) is 23.7 Å². The monoisotopic (exact) mass is 294 g/mol. The Morgan fingerprint density at radius 3 is 2.57 bits per heavy atom. The molecule has 4 nitrogen and oxygen atoms in total. The van der Waals surface area contributed by atoms with E-state index in [0.717, 1.165) is 31.7 Å². The van der Waals surface area contributed by atoms with E-state index in [1.807, 2.05) is 4.90 Å². The minimum absolute atomic E-state index is 0.0281. The maximum atomic E-state index is 14.3. The minimum atomic E-state index is -1.12. The van der Waals surface area contributed by atoms with Gasteiger partial charge in [0.05, 0.1) is 11.3 Å². The Morgan fingerprint density at radius 1 is 1.43 bits per heavy atom. The molecule has 0 spiro atoms. The van der Waals surface area contributed by atoms with E-state index >= 15 is 0 Å². The van der Waals surface area contributed by atoms with Crippen molar-refractivity contribution in [2.75, 3.05) is 17.2 Å². The summed E-state index contributed by atoms with van der Waals surface area (Å²) in [6.45, 7) is 4.87. The van der Waals surface area contributed by atoms with Crippen molar-refractivity contribution in [3.8, 4) is 0 Å². The van der Waals surface area contributed by atoms with Gasteiger partial charge in [-0.1, -0.05) is 26.7 Å². The summed E-state index contributed by atoms with van der Waals surface area (Å²) in [6, 6.07) is 2.79. The summed E-state index contributed by atoms with van der Waals surface area (Å²) >= 11 is 0. The van der Waals surface area contributed by atoms with Crippen LogP contribution in [0.25, 0.3) is 0 Å². The summed E-state index contributed by atoms with van der Waals surface area (Å²) in [5.74, 6) is -1.19. The van der Waals surface area contributed by atoms with E-state index in [2.05, 4.69) is 13.8 Å². The van der Waals surface area contributed by atoms with Crippen LogP contribution >= 0.6 is 0 Å². The molecule has 116 valence electrons. The fourth-order valence-electron chi connectivity index (χ4n) is 3.04. The fraction of sp³-hybridized carbons (Fsp3) is 0.562. The van der Waals surface area contributed by atoms with E-state index in [9.17, 15) is 14.3 Å². The molecule has 0 heterocycles. The number of carboxylic acid groups (broad SMARTS) is 1. The highest BCUT2D eigenvalue weighted by Gasteiger charge is 2.26. The minimum Gasteiger partial charge on any atom is -0.478 e. The normalized spacial score (nSPS) is 15.6. The number of anilines is 2. The Kier molecular flexibility index (Phi) is 4.70. The Labute approximate surface area is 124 Å². The third kappa shape index (κ3) is 3.46. The Hall–Kier alpha value is -1.78. The first-order valence-electron chi connectivity index (χ1n) is 7.49. The molecule has 5 heteroatoms. The van der Waals surface area contributed by atoms with Crippen molar-refractivity contribution in [3.63, 3.8) is 0 Å². The number of nitrogens with zero attached hydrogens (tertiary/aromatic N) is 1. The van der Waals surface area contributed by atoms with Gasteiger partial charge in [0.1, 0.15) is 5.82 Å². The highest BCUT2D eigenvalue weighted by Crippen LogP contribution is 2.33. The first kappa shape index (κ1) is 15.6. The van der Waals surface area contributed by atoms with E-state index in [0.29, 0.717) is 18.2 Å². The Morgan fingerprint density at radius 2 is 2.05 bits per heavy atom. The highest BCUT2D eigenvalue weighted by molar-refractivity contribution is 5.95. The molecule has 1 aliphatic rings. The zero-order valence-electron chi connectivity index (χ0n) is 12.6. The molecule has 0 radical (unpaired) electrons. The number of hydrogen-bond acceptors (Lipinski definition) is 3. The smallest absolute Gasteiger partial charge is 0.337 e. The maximum absolute atomic E-state index is 14.3. The van der Waals surface area contributed by atoms with Crippen molar-refractivity contribution < 1.29 is 14.3 Å². The number of halogens is 1. The lowest BCUT2D eigenvalue weighted by Gasteiger charge is -2.33. The van der Waals surface area contributed by atoms with Gasteiger partial charge in [0.25, 0.3) is 0 Å². The van der Waals surface area contributed by atoms with Crippen molar-refractivity contribution >= 4 is 17.3 Å². The van der Waals surface area contributed by atoms with Gasteiger partial charge in [-0.25, -0.2) is 9.18 Å². The van der Waals surface area contributed by atoms with Crippen LogP contribution in [0.3, 0.4) is 0 Å². The predicted molar refractivity (Wildman–Crippen MR) is 82.2 cm³/mol. The lowest BCUT2D eigenvalue weighted by atomic mass is 10.1. The van der Waals surface area contributed by atoms with Gasteiger partial charge in [-0.05, 0) is 30.9 Å². The lowest BCUT2D eigenvalue weighted by molar-refractivity contribution is 0.0698. The van der Waals surface area contributed by atoms with Crippen LogP contribution in [0, 0.1) is 11.7 Å². The van der Waals surface area contributed by atoms with Crippen LogP contribution in [-0.2, 0) is 0 Å². The predicted octanol–water partition coefficient (Wildman–Crippen LogP) is 3.51. The second-order valence-electron chi connectivity index (χ2n) is 6.18. The molecule has 2 rings (SSSR count). The number of nitrogens with two attached hydrogens (primary N) is 1. The summed E-state index contributed by atoms with van der Waals surface area (Å²) in [4.78, 5) is 13.3. The van der Waals surface area contributed by atoms with Crippen LogP contribution in [0.2, 0.25) is 0 Å². The zero-order chi connectivity index (χ0) is 15.6. The topological polar surface area (TPSA) is 66.6 Å². The summed E-state index contributed by atoms with van der Waals surface area (Å²) in [5, 5.41) is 9.19. The fourth-order valence-corrected chi connectivity index (χ4v) is 3.04. The van der Waals surface area contributed by atoms with Crippen molar-refractivity contribution in [2.24, 2.45) is 5.92 Å². The molecule has 1 aromatic rings. The van der Waals surface area contributed by atoms with Crippen molar-refractivity contribution in [1.29, 1.82) is 0 Å². The van der Waals surface area contributed by atoms with Crippen LogP contribution in [0.1, 0.15) is 49.9 Å². The van der Waals surface area contributed by atoms with E-state index in [-0.39, 0.29) is 17.3 Å². The van der Waals surface area contributed by atoms with Crippen LogP contribution in [0.4, 0.5) is 15.8 Å². The number of carbonyl (C=O) groups is 1. The molecule has 0 bridgehead atoms. The SMILES string of the molecule is CC(C)CN(c1cc(C(=O)O)c(N)cc1F)C1CCCC1. The largest absolute Gasteiger partial charge is 0.478 e. The Bertz CT molecular complexity index is 525. The molecule has 1 saturated carbocycles. The molecular formula is C16H23FN2O2. The third-order valence-corrected chi connectivity index (χ3v) is 3.99. The second-order valence-corrected chi connectivity index (χ2v) is 6.18.